The average molecular weight is 276 g/mol. The molecule has 0 saturated heterocycles. The van der Waals surface area contributed by atoms with E-state index in [0.717, 1.165) is 0 Å². The number of halogens is 4. The molecule has 0 fully saturated rings. The van der Waals surface area contributed by atoms with Gasteiger partial charge in [0, 0.05) is 4.47 Å². The molecule has 0 spiro atoms. The smallest absolute Gasteiger partial charge is 0.155 e. The molecule has 5 heteroatoms. The number of hydrogen-bond acceptors (Lipinski definition) is 1. The summed E-state index contributed by atoms with van der Waals surface area (Å²) >= 11 is 19.9. The van der Waals surface area contributed by atoms with Crippen molar-refractivity contribution in [3.8, 4) is 5.75 Å². The molecule has 1 N–H and O–H groups in total. The molecular formula is C6H2BrCl3O. The molecule has 0 bridgehead atoms. The summed E-state index contributed by atoms with van der Waals surface area (Å²) in [4.78, 5) is 0. The van der Waals surface area contributed by atoms with Gasteiger partial charge in [0.25, 0.3) is 0 Å². The van der Waals surface area contributed by atoms with Gasteiger partial charge < -0.3 is 5.11 Å². The molecule has 0 heterocycles. The molecule has 0 atom stereocenters. The van der Waals surface area contributed by atoms with E-state index >= 15 is 0 Å². The lowest BCUT2D eigenvalue weighted by Crippen LogP contribution is -1.75. The Morgan fingerprint density at radius 2 is 1.73 bits per heavy atom. The van der Waals surface area contributed by atoms with Crippen LogP contribution in [-0.4, -0.2) is 5.11 Å². The molecule has 11 heavy (non-hydrogen) atoms. The molecule has 0 aliphatic heterocycles. The van der Waals surface area contributed by atoms with Gasteiger partial charge in [-0.05, 0) is 22.0 Å². The van der Waals surface area contributed by atoms with Crippen LogP contribution in [0.5, 0.6) is 5.75 Å². The van der Waals surface area contributed by atoms with Crippen LogP contribution in [0.3, 0.4) is 0 Å². The molecule has 0 saturated carbocycles. The Hall–Kier alpha value is 0.370. The van der Waals surface area contributed by atoms with Crippen molar-refractivity contribution in [1.29, 1.82) is 0 Å². The van der Waals surface area contributed by atoms with Gasteiger partial charge in [-0.15, -0.1) is 0 Å². The topological polar surface area (TPSA) is 20.2 Å². The Morgan fingerprint density at radius 3 is 2.27 bits per heavy atom. The normalized spacial score (nSPS) is 10.2. The van der Waals surface area contributed by atoms with Crippen LogP contribution in [0.15, 0.2) is 10.5 Å². The summed E-state index contributed by atoms with van der Waals surface area (Å²) in [7, 11) is 0. The summed E-state index contributed by atoms with van der Waals surface area (Å²) in [5.41, 5.74) is 0. The third kappa shape index (κ3) is 1.75. The molecule has 0 aromatic heterocycles. The van der Waals surface area contributed by atoms with Crippen molar-refractivity contribution in [3.05, 3.63) is 25.6 Å². The third-order valence-corrected chi connectivity index (χ3v) is 3.10. The quantitative estimate of drug-likeness (QED) is 0.707. The van der Waals surface area contributed by atoms with Crippen LogP contribution in [0.4, 0.5) is 0 Å². The number of phenolic OH excluding ortho intramolecular Hbond substituents is 1. The van der Waals surface area contributed by atoms with Gasteiger partial charge in [0.2, 0.25) is 0 Å². The van der Waals surface area contributed by atoms with Gasteiger partial charge in [-0.2, -0.15) is 0 Å². The van der Waals surface area contributed by atoms with Crippen LogP contribution in [0, 0.1) is 0 Å². The number of aromatic hydroxyl groups is 1. The summed E-state index contributed by atoms with van der Waals surface area (Å²) in [6.07, 6.45) is 0. The van der Waals surface area contributed by atoms with Gasteiger partial charge in [0.15, 0.2) is 5.75 Å². The summed E-state index contributed by atoms with van der Waals surface area (Å²) < 4.78 is 0.520. The van der Waals surface area contributed by atoms with Gasteiger partial charge in [-0.1, -0.05) is 34.8 Å². The van der Waals surface area contributed by atoms with E-state index < -0.39 is 0 Å². The molecule has 0 aliphatic carbocycles. The van der Waals surface area contributed by atoms with E-state index in [1.165, 1.54) is 6.07 Å². The van der Waals surface area contributed by atoms with Crippen LogP contribution < -0.4 is 0 Å². The Labute approximate surface area is 87.0 Å². The lowest BCUT2D eigenvalue weighted by molar-refractivity contribution is 0.475. The lowest BCUT2D eigenvalue weighted by Gasteiger charge is -2.03. The second-order valence-electron chi connectivity index (χ2n) is 1.82. The van der Waals surface area contributed by atoms with Crippen LogP contribution in [0.25, 0.3) is 0 Å². The molecule has 0 amide bonds. The summed E-state index contributed by atoms with van der Waals surface area (Å²) in [6.45, 7) is 0. The lowest BCUT2D eigenvalue weighted by atomic mass is 10.3. The van der Waals surface area contributed by atoms with Gasteiger partial charge in [0.05, 0.1) is 10.0 Å². The first-order valence-corrected chi connectivity index (χ1v) is 4.48. The van der Waals surface area contributed by atoms with Crippen LogP contribution in [-0.2, 0) is 0 Å². The molecule has 1 nitrogen and oxygen atoms in total. The highest BCUT2D eigenvalue weighted by atomic mass is 79.9. The predicted octanol–water partition coefficient (Wildman–Crippen LogP) is 4.11. The van der Waals surface area contributed by atoms with Crippen molar-refractivity contribution in [2.75, 3.05) is 0 Å². The molecule has 1 aromatic carbocycles. The van der Waals surface area contributed by atoms with Gasteiger partial charge in [-0.25, -0.2) is 0 Å². The van der Waals surface area contributed by atoms with Crippen molar-refractivity contribution < 1.29 is 5.11 Å². The average Bonchev–Trinajstić information content (AvgIpc) is 1.97. The summed E-state index contributed by atoms with van der Waals surface area (Å²) in [5.74, 6) is -0.201. The SMILES string of the molecule is Oc1c(Cl)c(Cl)cc(Br)c1Cl. The van der Waals surface area contributed by atoms with E-state index in [4.69, 9.17) is 34.8 Å². The molecular weight excluding hydrogens is 274 g/mol. The first-order chi connectivity index (χ1) is 5.04. The first kappa shape index (κ1) is 9.46. The molecule has 1 rings (SSSR count). The standard InChI is InChI=1S/C6H2BrCl3O/c7-2-1-3(8)5(10)6(11)4(2)9/h1,11H. The number of benzene rings is 1. The summed E-state index contributed by atoms with van der Waals surface area (Å²) in [6, 6.07) is 1.52. The van der Waals surface area contributed by atoms with Gasteiger partial charge in [0.1, 0.15) is 5.02 Å². The maximum absolute atomic E-state index is 9.19. The minimum Gasteiger partial charge on any atom is -0.505 e. The van der Waals surface area contributed by atoms with E-state index in [9.17, 15) is 5.11 Å². The first-order valence-electron chi connectivity index (χ1n) is 2.56. The monoisotopic (exact) mass is 274 g/mol. The molecule has 1 aromatic rings. The predicted molar refractivity (Wildman–Crippen MR) is 50.8 cm³/mol. The largest absolute Gasteiger partial charge is 0.505 e. The fourth-order valence-corrected chi connectivity index (χ4v) is 1.65. The molecule has 0 aliphatic rings. The second-order valence-corrected chi connectivity index (χ2v) is 3.83. The van der Waals surface area contributed by atoms with Gasteiger partial charge >= 0.3 is 0 Å². The number of rotatable bonds is 0. The summed E-state index contributed by atoms with van der Waals surface area (Å²) in [5, 5.41) is 9.69. The Morgan fingerprint density at radius 1 is 1.18 bits per heavy atom. The van der Waals surface area contributed by atoms with E-state index in [-0.39, 0.29) is 20.8 Å². The highest BCUT2D eigenvalue weighted by Gasteiger charge is 2.11. The number of phenols is 1. The zero-order chi connectivity index (χ0) is 8.59. The molecule has 0 radical (unpaired) electrons. The van der Waals surface area contributed by atoms with Crippen molar-refractivity contribution >= 4 is 50.7 Å². The molecule has 0 unspecified atom stereocenters. The van der Waals surface area contributed by atoms with Crippen molar-refractivity contribution in [3.63, 3.8) is 0 Å². The zero-order valence-electron chi connectivity index (χ0n) is 5.04. The maximum Gasteiger partial charge on any atom is 0.155 e. The van der Waals surface area contributed by atoms with Crippen LogP contribution in [0.1, 0.15) is 0 Å². The van der Waals surface area contributed by atoms with E-state index in [0.29, 0.717) is 4.47 Å². The molecule has 60 valence electrons. The van der Waals surface area contributed by atoms with E-state index in [2.05, 4.69) is 15.9 Å². The third-order valence-electron chi connectivity index (χ3n) is 1.09. The van der Waals surface area contributed by atoms with Crippen LogP contribution in [0.2, 0.25) is 15.1 Å². The Kier molecular flexibility index (Phi) is 2.92. The fraction of sp³-hybridized carbons (Fsp3) is 0. The van der Waals surface area contributed by atoms with Crippen molar-refractivity contribution in [2.24, 2.45) is 0 Å². The minimum absolute atomic E-state index is 0.0693. The van der Waals surface area contributed by atoms with Crippen LogP contribution >= 0.6 is 50.7 Å². The minimum atomic E-state index is -0.201. The Balaban J connectivity index is 3.46. The fourth-order valence-electron chi connectivity index (χ4n) is 0.561. The highest BCUT2D eigenvalue weighted by molar-refractivity contribution is 9.10. The highest BCUT2D eigenvalue weighted by Crippen LogP contribution is 2.41. The van der Waals surface area contributed by atoms with E-state index in [1.807, 2.05) is 0 Å². The van der Waals surface area contributed by atoms with Crippen molar-refractivity contribution in [2.45, 2.75) is 0 Å². The second kappa shape index (κ2) is 3.40. The Bertz CT molecular complexity index is 274. The number of hydrogen-bond donors (Lipinski definition) is 1. The van der Waals surface area contributed by atoms with Crippen molar-refractivity contribution in [1.82, 2.24) is 0 Å². The van der Waals surface area contributed by atoms with E-state index in [1.54, 1.807) is 0 Å². The maximum atomic E-state index is 9.19. The van der Waals surface area contributed by atoms with Gasteiger partial charge in [-0.3, -0.25) is 0 Å². The zero-order valence-corrected chi connectivity index (χ0v) is 8.89.